The summed E-state index contributed by atoms with van der Waals surface area (Å²) >= 11 is 0. The van der Waals surface area contributed by atoms with Crippen LogP contribution in [0.25, 0.3) is 0 Å². The summed E-state index contributed by atoms with van der Waals surface area (Å²) in [7, 11) is -3.97. The zero-order valence-corrected chi connectivity index (χ0v) is 13.5. The van der Waals surface area contributed by atoms with Gasteiger partial charge >= 0.3 is 6.18 Å². The van der Waals surface area contributed by atoms with Crippen molar-refractivity contribution in [2.45, 2.75) is 36.2 Å². The number of nitriles is 1. The maximum absolute atomic E-state index is 13.1. The first-order valence-corrected chi connectivity index (χ1v) is 9.11. The molecule has 5 atom stereocenters. The van der Waals surface area contributed by atoms with E-state index in [1.807, 2.05) is 0 Å². The number of halogens is 3. The molecule has 25 heavy (non-hydrogen) atoms. The van der Waals surface area contributed by atoms with E-state index in [9.17, 15) is 26.7 Å². The Kier molecular flexibility index (Phi) is 3.39. The molecule has 10 heteroatoms. The molecule has 0 amide bonds. The topological polar surface area (TPSA) is 90.6 Å². The predicted molar refractivity (Wildman–Crippen MR) is 79.0 cm³/mol. The van der Waals surface area contributed by atoms with Crippen LogP contribution in [-0.2, 0) is 20.9 Å². The van der Waals surface area contributed by atoms with Gasteiger partial charge in [0, 0.05) is 18.9 Å². The first-order valence-electron chi connectivity index (χ1n) is 7.61. The Balaban J connectivity index is 1.76. The van der Waals surface area contributed by atoms with E-state index in [1.165, 1.54) is 12.1 Å². The monoisotopic (exact) mass is 374 g/mol. The highest BCUT2D eigenvalue weighted by Crippen LogP contribution is 2.49. The molecular formula is C15H13F3N2O4S. The maximum Gasteiger partial charge on any atom is 0.417 e. The minimum Gasteiger partial charge on any atom is -0.390 e. The molecule has 1 aromatic carbocycles. The lowest BCUT2D eigenvalue weighted by Gasteiger charge is -2.23. The fourth-order valence-electron chi connectivity index (χ4n) is 4.07. The molecule has 0 radical (unpaired) electrons. The number of aliphatic hydroxyl groups excluding tert-OH is 1. The number of ether oxygens (including phenoxy) is 1. The van der Waals surface area contributed by atoms with Gasteiger partial charge in [-0.25, -0.2) is 8.42 Å². The van der Waals surface area contributed by atoms with Gasteiger partial charge in [-0.15, -0.1) is 0 Å². The summed E-state index contributed by atoms with van der Waals surface area (Å²) in [5, 5.41) is 17.8. The Hall–Kier alpha value is -1.83. The van der Waals surface area contributed by atoms with Crippen LogP contribution in [0.2, 0.25) is 0 Å². The van der Waals surface area contributed by atoms with Gasteiger partial charge in [0.1, 0.15) is 11.4 Å². The first kappa shape index (κ1) is 16.6. The molecule has 3 aliphatic heterocycles. The van der Waals surface area contributed by atoms with Gasteiger partial charge in [0.05, 0.1) is 35.1 Å². The van der Waals surface area contributed by atoms with Gasteiger partial charge in [0.25, 0.3) is 0 Å². The number of aliphatic hydroxyl groups is 1. The van der Waals surface area contributed by atoms with Crippen LogP contribution in [0.4, 0.5) is 18.9 Å². The Morgan fingerprint density at radius 1 is 1.36 bits per heavy atom. The third-order valence-electron chi connectivity index (χ3n) is 5.15. The Labute approximate surface area is 141 Å². The predicted octanol–water partition coefficient (Wildman–Crippen LogP) is 1.24. The fraction of sp³-hybridized carbons (Fsp3) is 0.533. The van der Waals surface area contributed by atoms with E-state index in [0.29, 0.717) is 12.5 Å². The number of hydrogen-bond donors (Lipinski definition) is 1. The van der Waals surface area contributed by atoms with Crippen molar-refractivity contribution in [1.82, 2.24) is 0 Å². The number of benzene rings is 1. The molecule has 4 rings (SSSR count). The number of anilines is 1. The van der Waals surface area contributed by atoms with Crippen LogP contribution >= 0.6 is 0 Å². The van der Waals surface area contributed by atoms with Crippen molar-refractivity contribution in [2.24, 2.45) is 5.92 Å². The van der Waals surface area contributed by atoms with E-state index in [2.05, 4.69) is 0 Å². The van der Waals surface area contributed by atoms with E-state index in [-0.39, 0.29) is 18.2 Å². The number of hydrogen-bond acceptors (Lipinski definition) is 5. The molecule has 0 unspecified atom stereocenters. The van der Waals surface area contributed by atoms with Crippen LogP contribution < -0.4 is 4.31 Å². The summed E-state index contributed by atoms with van der Waals surface area (Å²) in [4.78, 5) is 0. The normalized spacial score (nSPS) is 35.6. The summed E-state index contributed by atoms with van der Waals surface area (Å²) in [6, 6.07) is 4.33. The molecule has 134 valence electrons. The molecule has 0 aliphatic carbocycles. The smallest absolute Gasteiger partial charge is 0.390 e. The third kappa shape index (κ3) is 2.26. The van der Waals surface area contributed by atoms with Gasteiger partial charge in [-0.05, 0) is 18.2 Å². The molecule has 2 bridgehead atoms. The minimum absolute atomic E-state index is 0.00405. The van der Waals surface area contributed by atoms with E-state index in [1.54, 1.807) is 0 Å². The maximum atomic E-state index is 13.1. The first-order chi connectivity index (χ1) is 11.6. The number of rotatable bonds is 1. The lowest BCUT2D eigenvalue weighted by atomic mass is 9.87. The van der Waals surface area contributed by atoms with E-state index >= 15 is 0 Å². The van der Waals surface area contributed by atoms with Crippen molar-refractivity contribution >= 4 is 15.7 Å². The molecule has 3 fully saturated rings. The van der Waals surface area contributed by atoms with Crippen molar-refractivity contribution in [3.8, 4) is 6.07 Å². The lowest BCUT2D eigenvalue weighted by Crippen LogP contribution is -2.42. The second kappa shape index (κ2) is 5.09. The van der Waals surface area contributed by atoms with E-state index in [4.69, 9.17) is 10.00 Å². The number of alkyl halides is 3. The number of nitrogens with zero attached hydrogens (tertiary/aromatic N) is 2. The van der Waals surface area contributed by atoms with Gasteiger partial charge in [-0.2, -0.15) is 18.4 Å². The molecule has 0 aromatic heterocycles. The summed E-state index contributed by atoms with van der Waals surface area (Å²) in [6.07, 6.45) is -6.57. The molecular weight excluding hydrogens is 361 g/mol. The summed E-state index contributed by atoms with van der Waals surface area (Å²) < 4.78 is 71.5. The van der Waals surface area contributed by atoms with E-state index < -0.39 is 50.9 Å². The summed E-state index contributed by atoms with van der Waals surface area (Å²) in [6.45, 7) is 0.00405. The average Bonchev–Trinajstić information content (AvgIpc) is 3.15. The van der Waals surface area contributed by atoms with Crippen LogP contribution in [0.15, 0.2) is 18.2 Å². The minimum atomic E-state index is -4.77. The van der Waals surface area contributed by atoms with Gasteiger partial charge in [0.15, 0.2) is 0 Å². The zero-order chi connectivity index (χ0) is 18.1. The standard InChI is InChI=1S/C15H13F3N2O4S/c16-15(17,18)10-3-8(2-1-7(10)5-19)20-6-9-12-4-11(21)13(24-12)14(9)25(20,22)23/h1-3,9,11-14,21H,4,6H2/t9-,11-,12-,13-,14-/m0/s1. The Morgan fingerprint density at radius 2 is 2.08 bits per heavy atom. The zero-order valence-electron chi connectivity index (χ0n) is 12.6. The van der Waals surface area contributed by atoms with Crippen LogP contribution in [0.5, 0.6) is 0 Å². The average molecular weight is 374 g/mol. The van der Waals surface area contributed by atoms with Gasteiger partial charge < -0.3 is 9.84 Å². The molecule has 3 aliphatic rings. The van der Waals surface area contributed by atoms with Crippen molar-refractivity contribution in [3.63, 3.8) is 0 Å². The molecule has 0 spiro atoms. The lowest BCUT2D eigenvalue weighted by molar-refractivity contribution is -0.137. The van der Waals surface area contributed by atoms with Gasteiger partial charge in [0.2, 0.25) is 10.0 Å². The third-order valence-corrected chi connectivity index (χ3v) is 7.43. The Morgan fingerprint density at radius 3 is 2.72 bits per heavy atom. The molecule has 1 N–H and O–H groups in total. The largest absolute Gasteiger partial charge is 0.417 e. The van der Waals surface area contributed by atoms with E-state index in [0.717, 1.165) is 10.4 Å². The van der Waals surface area contributed by atoms with Crippen LogP contribution in [0.3, 0.4) is 0 Å². The highest BCUT2D eigenvalue weighted by atomic mass is 32.2. The summed E-state index contributed by atoms with van der Waals surface area (Å²) in [5.74, 6) is -0.386. The molecule has 6 nitrogen and oxygen atoms in total. The van der Waals surface area contributed by atoms with Crippen molar-refractivity contribution in [2.75, 3.05) is 10.8 Å². The van der Waals surface area contributed by atoms with Crippen LogP contribution in [0.1, 0.15) is 17.5 Å². The second-order valence-electron chi connectivity index (χ2n) is 6.49. The second-order valence-corrected chi connectivity index (χ2v) is 8.50. The highest BCUT2D eigenvalue weighted by Gasteiger charge is 2.64. The summed E-state index contributed by atoms with van der Waals surface area (Å²) in [5.41, 5.74) is -1.86. The number of sulfonamides is 1. The molecule has 1 aromatic rings. The van der Waals surface area contributed by atoms with Crippen molar-refractivity contribution < 1.29 is 31.4 Å². The SMILES string of the molecule is N#Cc1ccc(N2C[C@@H]3[C@@H]([C@H]4O[C@H]3C[C@@H]4O)S2(=O)=O)cc1C(F)(F)F. The molecule has 3 saturated heterocycles. The quantitative estimate of drug-likeness (QED) is 0.799. The van der Waals surface area contributed by atoms with Gasteiger partial charge in [-0.1, -0.05) is 0 Å². The highest BCUT2D eigenvalue weighted by molar-refractivity contribution is 7.93. The fourth-order valence-corrected chi connectivity index (χ4v) is 6.44. The number of fused-ring (bicyclic) bond motifs is 5. The Bertz CT molecular complexity index is 880. The van der Waals surface area contributed by atoms with Gasteiger partial charge in [-0.3, -0.25) is 4.31 Å². The van der Waals surface area contributed by atoms with Crippen molar-refractivity contribution in [3.05, 3.63) is 29.3 Å². The van der Waals surface area contributed by atoms with Crippen LogP contribution in [-0.4, -0.2) is 43.6 Å². The van der Waals surface area contributed by atoms with Crippen LogP contribution in [0, 0.1) is 17.2 Å². The molecule has 0 saturated carbocycles. The van der Waals surface area contributed by atoms with Crippen molar-refractivity contribution in [1.29, 1.82) is 5.26 Å². The molecule has 3 heterocycles.